The summed E-state index contributed by atoms with van der Waals surface area (Å²) in [5.74, 6) is 0.971. The van der Waals surface area contributed by atoms with E-state index in [4.69, 9.17) is 0 Å². The normalized spacial score (nSPS) is 14.8. The summed E-state index contributed by atoms with van der Waals surface area (Å²) in [7, 11) is 1.97. The lowest BCUT2D eigenvalue weighted by Gasteiger charge is -2.12. The van der Waals surface area contributed by atoms with Gasteiger partial charge in [0.2, 0.25) is 0 Å². The van der Waals surface area contributed by atoms with Gasteiger partial charge in [0.1, 0.15) is 0 Å². The second-order valence-corrected chi connectivity index (χ2v) is 6.30. The highest BCUT2D eigenvalue weighted by molar-refractivity contribution is 7.98. The smallest absolute Gasteiger partial charge is 0.0991 e. The molecule has 1 N–H and O–H groups in total. The van der Waals surface area contributed by atoms with E-state index in [0.717, 1.165) is 24.3 Å². The van der Waals surface area contributed by atoms with Crippen molar-refractivity contribution >= 4 is 17.3 Å². The second kappa shape index (κ2) is 6.83. The Morgan fingerprint density at radius 1 is 1.23 bits per heavy atom. The van der Waals surface area contributed by atoms with Crippen molar-refractivity contribution in [1.29, 1.82) is 5.26 Å². The van der Waals surface area contributed by atoms with Crippen molar-refractivity contribution < 1.29 is 0 Å². The van der Waals surface area contributed by atoms with Crippen LogP contribution >= 0.6 is 11.8 Å². The standard InChI is InChI=1S/C19H18N2S/c1-21-10-4-7-17-16-6-3-2-5-15(16)13-22-19-9-8-14(12-20)11-18(17)19/h2-3,5-9,11,21H,4,10,13H2,1H3/b17-7+. The van der Waals surface area contributed by atoms with Gasteiger partial charge in [0.25, 0.3) is 0 Å². The van der Waals surface area contributed by atoms with E-state index in [2.05, 4.69) is 47.8 Å². The van der Waals surface area contributed by atoms with Crippen LogP contribution in [0.15, 0.2) is 53.4 Å². The van der Waals surface area contributed by atoms with Crippen LogP contribution in [0.5, 0.6) is 0 Å². The third-order valence-electron chi connectivity index (χ3n) is 3.83. The molecule has 0 aromatic heterocycles. The molecule has 110 valence electrons. The Morgan fingerprint density at radius 3 is 2.91 bits per heavy atom. The molecule has 0 aliphatic carbocycles. The SMILES string of the molecule is CNCC/C=C1\c2ccccc2CSc2ccc(C#N)cc21. The lowest BCUT2D eigenvalue weighted by molar-refractivity contribution is 0.808. The van der Waals surface area contributed by atoms with Gasteiger partial charge < -0.3 is 5.32 Å². The largest absolute Gasteiger partial charge is 0.319 e. The molecule has 0 saturated carbocycles. The maximum atomic E-state index is 9.22. The molecule has 3 heteroatoms. The average molecular weight is 306 g/mol. The Labute approximate surface area is 135 Å². The van der Waals surface area contributed by atoms with Crippen molar-refractivity contribution in [2.45, 2.75) is 17.1 Å². The molecule has 3 rings (SSSR count). The zero-order valence-electron chi connectivity index (χ0n) is 12.6. The minimum absolute atomic E-state index is 0.721. The van der Waals surface area contributed by atoms with E-state index >= 15 is 0 Å². The minimum atomic E-state index is 0.721. The van der Waals surface area contributed by atoms with Crippen molar-refractivity contribution in [3.63, 3.8) is 0 Å². The van der Waals surface area contributed by atoms with Gasteiger partial charge in [-0.1, -0.05) is 30.3 Å². The van der Waals surface area contributed by atoms with Gasteiger partial charge in [0.05, 0.1) is 11.6 Å². The van der Waals surface area contributed by atoms with Crippen LogP contribution in [0.2, 0.25) is 0 Å². The van der Waals surface area contributed by atoms with Gasteiger partial charge in [-0.05, 0) is 60.5 Å². The summed E-state index contributed by atoms with van der Waals surface area (Å²) < 4.78 is 0. The van der Waals surface area contributed by atoms with E-state index in [1.165, 1.54) is 27.2 Å². The van der Waals surface area contributed by atoms with Crippen molar-refractivity contribution in [2.75, 3.05) is 13.6 Å². The van der Waals surface area contributed by atoms with Crippen molar-refractivity contribution in [2.24, 2.45) is 0 Å². The number of rotatable bonds is 3. The fraction of sp³-hybridized carbons (Fsp3) is 0.211. The Morgan fingerprint density at radius 2 is 2.09 bits per heavy atom. The molecule has 0 saturated heterocycles. The maximum absolute atomic E-state index is 9.22. The molecule has 1 aliphatic heterocycles. The number of hydrogen-bond donors (Lipinski definition) is 1. The van der Waals surface area contributed by atoms with Gasteiger partial charge in [-0.25, -0.2) is 0 Å². The molecule has 0 amide bonds. The second-order valence-electron chi connectivity index (χ2n) is 5.28. The highest BCUT2D eigenvalue weighted by atomic mass is 32.2. The molecule has 2 aromatic carbocycles. The van der Waals surface area contributed by atoms with Gasteiger partial charge in [-0.15, -0.1) is 11.8 Å². The van der Waals surface area contributed by atoms with E-state index in [-0.39, 0.29) is 0 Å². The van der Waals surface area contributed by atoms with E-state index in [1.807, 2.05) is 30.9 Å². The van der Waals surface area contributed by atoms with Gasteiger partial charge in [0, 0.05) is 10.6 Å². The molecule has 1 heterocycles. The first kappa shape index (κ1) is 14.9. The molecule has 2 aromatic rings. The number of nitriles is 1. The molecule has 0 atom stereocenters. The predicted octanol–water partition coefficient (Wildman–Crippen LogP) is 4.21. The topological polar surface area (TPSA) is 35.8 Å². The van der Waals surface area contributed by atoms with Crippen molar-refractivity contribution in [3.8, 4) is 6.07 Å². The summed E-state index contributed by atoms with van der Waals surface area (Å²) in [5, 5.41) is 12.4. The number of benzene rings is 2. The molecular weight excluding hydrogens is 288 g/mol. The summed E-state index contributed by atoms with van der Waals surface area (Å²) in [5.41, 5.74) is 5.81. The predicted molar refractivity (Wildman–Crippen MR) is 92.8 cm³/mol. The fourth-order valence-electron chi connectivity index (χ4n) is 2.73. The van der Waals surface area contributed by atoms with E-state index in [9.17, 15) is 5.26 Å². The summed E-state index contributed by atoms with van der Waals surface area (Å²) >= 11 is 1.85. The lowest BCUT2D eigenvalue weighted by atomic mass is 9.92. The molecule has 2 nitrogen and oxygen atoms in total. The Kier molecular flexibility index (Phi) is 4.62. The zero-order chi connectivity index (χ0) is 15.4. The molecule has 22 heavy (non-hydrogen) atoms. The molecule has 1 aliphatic rings. The average Bonchev–Trinajstić information content (AvgIpc) is 2.72. The molecule has 0 unspecified atom stereocenters. The van der Waals surface area contributed by atoms with Crippen LogP contribution in [0.25, 0.3) is 5.57 Å². The summed E-state index contributed by atoms with van der Waals surface area (Å²) in [6.07, 6.45) is 3.27. The van der Waals surface area contributed by atoms with Crippen LogP contribution in [0, 0.1) is 11.3 Å². The van der Waals surface area contributed by atoms with Gasteiger partial charge >= 0.3 is 0 Å². The van der Waals surface area contributed by atoms with Crippen LogP contribution in [-0.2, 0) is 5.75 Å². The molecular formula is C19H18N2S. The Hall–Kier alpha value is -2.02. The first-order chi connectivity index (χ1) is 10.8. The third-order valence-corrected chi connectivity index (χ3v) is 4.95. The van der Waals surface area contributed by atoms with Crippen LogP contribution in [0.1, 0.15) is 28.7 Å². The summed E-state index contributed by atoms with van der Waals surface area (Å²) in [4.78, 5) is 1.26. The van der Waals surface area contributed by atoms with E-state index in [0.29, 0.717) is 0 Å². The monoisotopic (exact) mass is 306 g/mol. The Balaban J connectivity index is 2.16. The lowest BCUT2D eigenvalue weighted by Crippen LogP contribution is -2.06. The van der Waals surface area contributed by atoms with E-state index in [1.54, 1.807) is 0 Å². The zero-order valence-corrected chi connectivity index (χ0v) is 13.4. The van der Waals surface area contributed by atoms with Gasteiger partial charge in [-0.2, -0.15) is 5.26 Å². The summed E-state index contributed by atoms with van der Waals surface area (Å²) in [6.45, 7) is 0.950. The number of nitrogens with zero attached hydrogens (tertiary/aromatic N) is 1. The number of thioether (sulfide) groups is 1. The quantitative estimate of drug-likeness (QED) is 0.863. The van der Waals surface area contributed by atoms with Gasteiger partial charge in [0.15, 0.2) is 0 Å². The summed E-state index contributed by atoms with van der Waals surface area (Å²) in [6, 6.07) is 16.9. The van der Waals surface area contributed by atoms with Crippen LogP contribution in [-0.4, -0.2) is 13.6 Å². The third kappa shape index (κ3) is 2.94. The number of nitrogens with one attached hydrogen (secondary N) is 1. The highest BCUT2D eigenvalue weighted by Crippen LogP contribution is 2.40. The number of fused-ring (bicyclic) bond motifs is 2. The van der Waals surface area contributed by atoms with Crippen LogP contribution < -0.4 is 5.32 Å². The molecule has 0 spiro atoms. The van der Waals surface area contributed by atoms with Crippen molar-refractivity contribution in [3.05, 3.63) is 70.8 Å². The molecule has 0 bridgehead atoms. The Bertz CT molecular complexity index is 756. The molecule has 0 fully saturated rings. The fourth-order valence-corrected chi connectivity index (χ4v) is 3.78. The van der Waals surface area contributed by atoms with Gasteiger partial charge in [-0.3, -0.25) is 0 Å². The first-order valence-electron chi connectivity index (χ1n) is 7.44. The maximum Gasteiger partial charge on any atom is 0.0991 e. The van der Waals surface area contributed by atoms with Crippen LogP contribution in [0.4, 0.5) is 0 Å². The number of hydrogen-bond acceptors (Lipinski definition) is 3. The molecule has 0 radical (unpaired) electrons. The first-order valence-corrected chi connectivity index (χ1v) is 8.42. The minimum Gasteiger partial charge on any atom is -0.319 e. The highest BCUT2D eigenvalue weighted by Gasteiger charge is 2.18. The van der Waals surface area contributed by atoms with E-state index < -0.39 is 0 Å². The van der Waals surface area contributed by atoms with Crippen molar-refractivity contribution in [1.82, 2.24) is 5.32 Å². The van der Waals surface area contributed by atoms with Crippen LogP contribution in [0.3, 0.4) is 0 Å².